The highest BCUT2D eigenvalue weighted by molar-refractivity contribution is 7.07. The van der Waals surface area contributed by atoms with Gasteiger partial charge < -0.3 is 9.80 Å². The van der Waals surface area contributed by atoms with Crippen molar-refractivity contribution in [2.24, 2.45) is 5.92 Å². The first kappa shape index (κ1) is 12.0. The lowest BCUT2D eigenvalue weighted by molar-refractivity contribution is -0.132. The molecular weight excluding hydrogens is 238 g/mol. The molecule has 2 amide bonds. The molecule has 17 heavy (non-hydrogen) atoms. The van der Waals surface area contributed by atoms with Crippen LogP contribution in [0.1, 0.15) is 16.9 Å². The number of aromatic nitrogens is 1. The average Bonchev–Trinajstić information content (AvgIpc) is 2.98. The topological polar surface area (TPSA) is 53.5 Å². The van der Waals surface area contributed by atoms with Crippen LogP contribution in [0, 0.1) is 5.92 Å². The zero-order valence-electron chi connectivity index (χ0n) is 9.92. The third-order valence-electron chi connectivity index (χ3n) is 2.92. The summed E-state index contributed by atoms with van der Waals surface area (Å²) in [5.41, 5.74) is 2.12. The van der Waals surface area contributed by atoms with E-state index in [1.807, 2.05) is 0 Å². The van der Waals surface area contributed by atoms with E-state index in [-0.39, 0.29) is 17.7 Å². The van der Waals surface area contributed by atoms with Gasteiger partial charge in [0, 0.05) is 32.6 Å². The van der Waals surface area contributed by atoms with E-state index in [0.29, 0.717) is 18.8 Å². The fourth-order valence-electron chi connectivity index (χ4n) is 1.99. The van der Waals surface area contributed by atoms with Crippen LogP contribution >= 0.6 is 11.3 Å². The van der Waals surface area contributed by atoms with Crippen LogP contribution in [0.25, 0.3) is 0 Å². The lowest BCUT2D eigenvalue weighted by atomic mass is 10.1. The van der Waals surface area contributed by atoms with Crippen LogP contribution in [0.3, 0.4) is 0 Å². The Kier molecular flexibility index (Phi) is 3.42. The first-order valence-electron chi connectivity index (χ1n) is 5.48. The fourth-order valence-corrected chi connectivity index (χ4v) is 2.52. The molecule has 1 aliphatic rings. The third kappa shape index (κ3) is 2.46. The lowest BCUT2D eigenvalue weighted by Crippen LogP contribution is -2.34. The summed E-state index contributed by atoms with van der Waals surface area (Å²) >= 11 is 1.40. The molecule has 6 heteroatoms. The monoisotopic (exact) mass is 253 g/mol. The quantitative estimate of drug-likeness (QED) is 0.779. The van der Waals surface area contributed by atoms with E-state index < -0.39 is 0 Å². The van der Waals surface area contributed by atoms with E-state index in [1.54, 1.807) is 34.8 Å². The third-order valence-corrected chi connectivity index (χ3v) is 3.50. The van der Waals surface area contributed by atoms with Crippen LogP contribution in [-0.2, 0) is 4.79 Å². The standard InChI is InChI=1S/C11H15N3O2S/c1-13(2)10(15)8-3-4-14(5-8)11(16)9-6-17-7-12-9/h6-8H,3-5H2,1-2H3. The smallest absolute Gasteiger partial charge is 0.273 e. The number of amides is 2. The molecule has 1 saturated heterocycles. The minimum absolute atomic E-state index is 0.0624. The van der Waals surface area contributed by atoms with Crippen molar-refractivity contribution in [3.05, 3.63) is 16.6 Å². The first-order valence-corrected chi connectivity index (χ1v) is 6.42. The number of carbonyl (C=O) groups excluding carboxylic acids is 2. The van der Waals surface area contributed by atoms with E-state index in [1.165, 1.54) is 11.3 Å². The van der Waals surface area contributed by atoms with E-state index in [0.717, 1.165) is 6.42 Å². The summed E-state index contributed by atoms with van der Waals surface area (Å²) < 4.78 is 0. The minimum atomic E-state index is -0.0692. The molecule has 0 saturated carbocycles. The number of nitrogens with zero attached hydrogens (tertiary/aromatic N) is 3. The van der Waals surface area contributed by atoms with Crippen molar-refractivity contribution < 1.29 is 9.59 Å². The molecule has 0 aliphatic carbocycles. The lowest BCUT2D eigenvalue weighted by Gasteiger charge is -2.17. The van der Waals surface area contributed by atoms with E-state index in [2.05, 4.69) is 4.98 Å². The molecule has 1 atom stereocenters. The van der Waals surface area contributed by atoms with E-state index >= 15 is 0 Å². The van der Waals surface area contributed by atoms with Gasteiger partial charge in [-0.3, -0.25) is 9.59 Å². The Hall–Kier alpha value is -1.43. The number of hydrogen-bond acceptors (Lipinski definition) is 4. The molecule has 0 N–H and O–H groups in total. The van der Waals surface area contributed by atoms with Crippen LogP contribution < -0.4 is 0 Å². The Morgan fingerprint density at radius 2 is 2.29 bits per heavy atom. The minimum Gasteiger partial charge on any atom is -0.349 e. The largest absolute Gasteiger partial charge is 0.349 e. The van der Waals surface area contributed by atoms with E-state index in [4.69, 9.17) is 0 Å². The van der Waals surface area contributed by atoms with Crippen molar-refractivity contribution in [2.75, 3.05) is 27.2 Å². The van der Waals surface area contributed by atoms with Gasteiger partial charge in [0.05, 0.1) is 11.4 Å². The second-order valence-corrected chi connectivity index (χ2v) is 5.06. The fraction of sp³-hybridized carbons (Fsp3) is 0.545. The predicted molar refractivity (Wildman–Crippen MR) is 64.8 cm³/mol. The highest BCUT2D eigenvalue weighted by atomic mass is 32.1. The molecule has 1 fully saturated rings. The van der Waals surface area contributed by atoms with Gasteiger partial charge in [-0.2, -0.15) is 0 Å². The SMILES string of the molecule is CN(C)C(=O)C1CCN(C(=O)c2cscn2)C1. The zero-order valence-corrected chi connectivity index (χ0v) is 10.7. The maximum Gasteiger partial charge on any atom is 0.273 e. The highest BCUT2D eigenvalue weighted by Gasteiger charge is 2.32. The first-order chi connectivity index (χ1) is 8.09. The van der Waals surface area contributed by atoms with Gasteiger partial charge in [0.15, 0.2) is 0 Å². The van der Waals surface area contributed by atoms with Crippen molar-refractivity contribution in [3.63, 3.8) is 0 Å². The second-order valence-electron chi connectivity index (χ2n) is 4.34. The Labute approximate surface area is 104 Å². The van der Waals surface area contributed by atoms with E-state index in [9.17, 15) is 9.59 Å². The summed E-state index contributed by atoms with van der Waals surface area (Å²) in [6.07, 6.45) is 0.743. The van der Waals surface area contributed by atoms with Gasteiger partial charge >= 0.3 is 0 Å². The van der Waals surface area contributed by atoms with Gasteiger partial charge in [-0.1, -0.05) is 0 Å². The molecule has 2 rings (SSSR count). The highest BCUT2D eigenvalue weighted by Crippen LogP contribution is 2.20. The summed E-state index contributed by atoms with van der Waals surface area (Å²) in [7, 11) is 3.49. The molecule has 0 bridgehead atoms. The summed E-state index contributed by atoms with van der Waals surface area (Å²) in [6.45, 7) is 1.15. The maximum absolute atomic E-state index is 12.0. The zero-order chi connectivity index (χ0) is 12.4. The average molecular weight is 253 g/mol. The van der Waals surface area contributed by atoms with Gasteiger partial charge in [-0.15, -0.1) is 11.3 Å². The van der Waals surface area contributed by atoms with Crippen LogP contribution in [0.15, 0.2) is 10.9 Å². The molecule has 1 aromatic rings. The molecule has 5 nitrogen and oxygen atoms in total. The Morgan fingerprint density at radius 3 is 2.88 bits per heavy atom. The maximum atomic E-state index is 12.0. The Morgan fingerprint density at radius 1 is 1.53 bits per heavy atom. The predicted octanol–water partition coefficient (Wildman–Crippen LogP) is 0.693. The van der Waals surface area contributed by atoms with Gasteiger partial charge in [-0.05, 0) is 6.42 Å². The Balaban J connectivity index is 1.99. The van der Waals surface area contributed by atoms with Crippen LogP contribution in [0.2, 0.25) is 0 Å². The molecule has 0 spiro atoms. The van der Waals surface area contributed by atoms with Crippen LogP contribution in [-0.4, -0.2) is 53.8 Å². The summed E-state index contributed by atoms with van der Waals surface area (Å²) in [5, 5.41) is 1.74. The van der Waals surface area contributed by atoms with Crippen molar-refractivity contribution in [1.82, 2.24) is 14.8 Å². The summed E-state index contributed by atoms with van der Waals surface area (Å²) in [6, 6.07) is 0. The molecule has 2 heterocycles. The Bertz CT molecular complexity index is 416. The molecule has 1 aromatic heterocycles. The summed E-state index contributed by atoms with van der Waals surface area (Å²) in [5.74, 6) is -0.0357. The van der Waals surface area contributed by atoms with Crippen LogP contribution in [0.4, 0.5) is 0 Å². The number of rotatable bonds is 2. The number of thiazole rings is 1. The molecule has 1 unspecified atom stereocenters. The molecule has 92 valence electrons. The normalized spacial score (nSPS) is 19.4. The number of carbonyl (C=O) groups is 2. The van der Waals surface area contributed by atoms with Gasteiger partial charge in [0.25, 0.3) is 5.91 Å². The van der Waals surface area contributed by atoms with Crippen LogP contribution in [0.5, 0.6) is 0 Å². The van der Waals surface area contributed by atoms with Crippen molar-refractivity contribution in [2.45, 2.75) is 6.42 Å². The van der Waals surface area contributed by atoms with Crippen molar-refractivity contribution >= 4 is 23.2 Å². The summed E-state index contributed by atoms with van der Waals surface area (Å²) in [4.78, 5) is 31.1. The van der Waals surface area contributed by atoms with Gasteiger partial charge in [0.2, 0.25) is 5.91 Å². The molecular formula is C11H15N3O2S. The number of hydrogen-bond donors (Lipinski definition) is 0. The van der Waals surface area contributed by atoms with Gasteiger partial charge in [-0.25, -0.2) is 4.98 Å². The number of likely N-dealkylation sites (tertiary alicyclic amines) is 1. The van der Waals surface area contributed by atoms with Crippen molar-refractivity contribution in [3.8, 4) is 0 Å². The molecule has 0 radical (unpaired) electrons. The molecule has 1 aliphatic heterocycles. The second kappa shape index (κ2) is 4.83. The molecule has 0 aromatic carbocycles. The van der Waals surface area contributed by atoms with Crippen molar-refractivity contribution in [1.29, 1.82) is 0 Å². The van der Waals surface area contributed by atoms with Gasteiger partial charge in [0.1, 0.15) is 5.69 Å².